The van der Waals surface area contributed by atoms with Gasteiger partial charge in [-0.3, -0.25) is 4.98 Å². The number of hydrogen-bond donors (Lipinski definition) is 1. The van der Waals surface area contributed by atoms with Gasteiger partial charge in [0, 0.05) is 50.1 Å². The molecule has 0 amide bonds. The van der Waals surface area contributed by atoms with E-state index in [9.17, 15) is 5.11 Å². The largest absolute Gasteiger partial charge is 0.388 e. The highest BCUT2D eigenvalue weighted by Crippen LogP contribution is 2.35. The fourth-order valence-electron chi connectivity index (χ4n) is 4.07. The maximum Gasteiger partial charge on any atom is 0.245 e. The molecule has 5 heterocycles. The summed E-state index contributed by atoms with van der Waals surface area (Å²) in [5.41, 5.74) is 1.77. The lowest BCUT2D eigenvalue weighted by Gasteiger charge is -2.37. The van der Waals surface area contributed by atoms with Crippen LogP contribution in [-0.2, 0) is 0 Å². The van der Waals surface area contributed by atoms with Gasteiger partial charge in [-0.05, 0) is 40.7 Å². The van der Waals surface area contributed by atoms with E-state index in [2.05, 4.69) is 25.1 Å². The molecule has 2 aliphatic heterocycles. The Morgan fingerprint density at radius 2 is 1.66 bits per heavy atom. The number of aliphatic hydroxyl groups is 1. The maximum atomic E-state index is 10.7. The Hall–Kier alpha value is -2.46. The average Bonchev–Trinajstić information content (AvgIpc) is 3.27. The lowest BCUT2D eigenvalue weighted by Crippen LogP contribution is -2.39. The van der Waals surface area contributed by atoms with Gasteiger partial charge < -0.3 is 14.9 Å². The third-order valence-electron chi connectivity index (χ3n) is 5.70. The monoisotopic (exact) mass is 413 g/mol. The second kappa shape index (κ2) is 8.11. The van der Waals surface area contributed by atoms with Crippen molar-refractivity contribution < 1.29 is 9.74 Å². The Kier molecular flexibility index (Phi) is 5.19. The predicted molar refractivity (Wildman–Crippen MR) is 111 cm³/mol. The van der Waals surface area contributed by atoms with Crippen LogP contribution in [0.5, 0.6) is 0 Å². The van der Waals surface area contributed by atoms with Crippen LogP contribution in [-0.4, -0.2) is 68.1 Å². The number of rotatable bonds is 4. The molecule has 3 aromatic heterocycles. The van der Waals surface area contributed by atoms with E-state index in [1.54, 1.807) is 12.4 Å². The zero-order chi connectivity index (χ0) is 19.6. The normalized spacial score (nSPS) is 19.6. The summed E-state index contributed by atoms with van der Waals surface area (Å²) in [4.78, 5) is 18.1. The first-order valence-corrected chi connectivity index (χ1v) is 11.1. The number of piperidine rings is 1. The molecule has 0 saturated carbocycles. The molecule has 0 radical (unpaired) electrons. The number of thioether (sulfide) groups is 1. The summed E-state index contributed by atoms with van der Waals surface area (Å²) < 4.78 is 4.84. The number of hydrogen-bond acceptors (Lipinski definition) is 10. The Morgan fingerprint density at radius 3 is 2.28 bits per heavy atom. The van der Waals surface area contributed by atoms with Gasteiger partial charge in [-0.15, -0.1) is 0 Å². The number of anilines is 2. The van der Waals surface area contributed by atoms with Crippen molar-refractivity contribution in [2.24, 2.45) is 5.92 Å². The Bertz CT molecular complexity index is 956. The molecule has 1 atom stereocenters. The molecule has 0 bridgehead atoms. The van der Waals surface area contributed by atoms with E-state index < -0.39 is 6.10 Å². The number of pyridine rings is 1. The molecule has 2 saturated heterocycles. The second-order valence-electron chi connectivity index (χ2n) is 7.44. The average molecular weight is 414 g/mol. The highest BCUT2D eigenvalue weighted by atomic mass is 32.2. The van der Waals surface area contributed by atoms with E-state index in [0.717, 1.165) is 67.7 Å². The summed E-state index contributed by atoms with van der Waals surface area (Å²) in [5.74, 6) is 4.07. The van der Waals surface area contributed by atoms with Crippen LogP contribution in [0.1, 0.15) is 24.5 Å². The van der Waals surface area contributed by atoms with E-state index in [1.807, 2.05) is 23.9 Å². The van der Waals surface area contributed by atoms with Crippen LogP contribution in [0.25, 0.3) is 11.3 Å². The van der Waals surface area contributed by atoms with Crippen molar-refractivity contribution >= 4 is 34.7 Å². The maximum absolute atomic E-state index is 10.7. The van der Waals surface area contributed by atoms with Gasteiger partial charge in [0.1, 0.15) is 0 Å². The zero-order valence-electron chi connectivity index (χ0n) is 16.0. The molecule has 0 spiro atoms. The van der Waals surface area contributed by atoms with Crippen LogP contribution >= 0.6 is 11.8 Å². The van der Waals surface area contributed by atoms with Gasteiger partial charge in [0.15, 0.2) is 11.6 Å². The van der Waals surface area contributed by atoms with Crippen molar-refractivity contribution in [1.82, 2.24) is 25.3 Å². The molecule has 29 heavy (non-hydrogen) atoms. The highest BCUT2D eigenvalue weighted by Gasteiger charge is 2.30. The van der Waals surface area contributed by atoms with Crippen molar-refractivity contribution in [2.75, 3.05) is 47.5 Å². The number of aliphatic hydroxyl groups excluding tert-OH is 1. The van der Waals surface area contributed by atoms with E-state index in [1.165, 1.54) is 0 Å². The molecule has 10 heteroatoms. The SMILES string of the molecule is OC(c1cccnc1)C1CCN(c2nc3nonc3nc2N2CCSCC2)CC1. The van der Waals surface area contributed by atoms with Crippen LogP contribution in [0, 0.1) is 5.92 Å². The third kappa shape index (κ3) is 3.74. The molecular formula is C19H23N7O2S. The van der Waals surface area contributed by atoms with Gasteiger partial charge in [0.05, 0.1) is 6.10 Å². The van der Waals surface area contributed by atoms with Gasteiger partial charge in [-0.1, -0.05) is 6.07 Å². The molecule has 1 N–H and O–H groups in total. The lowest BCUT2D eigenvalue weighted by atomic mass is 9.88. The van der Waals surface area contributed by atoms with Crippen LogP contribution in [0.3, 0.4) is 0 Å². The molecule has 3 aromatic rings. The second-order valence-corrected chi connectivity index (χ2v) is 8.66. The van der Waals surface area contributed by atoms with Crippen LogP contribution in [0.15, 0.2) is 29.2 Å². The Labute approximate surface area is 172 Å². The van der Waals surface area contributed by atoms with E-state index in [4.69, 9.17) is 14.6 Å². The molecule has 5 rings (SSSR count). The quantitative estimate of drug-likeness (QED) is 0.682. The smallest absolute Gasteiger partial charge is 0.245 e. The minimum Gasteiger partial charge on any atom is -0.388 e. The number of fused-ring (bicyclic) bond motifs is 1. The van der Waals surface area contributed by atoms with Gasteiger partial charge in [-0.25, -0.2) is 14.6 Å². The summed E-state index contributed by atoms with van der Waals surface area (Å²) in [6, 6.07) is 3.81. The summed E-state index contributed by atoms with van der Waals surface area (Å²) in [6.07, 6.45) is 4.75. The molecule has 2 fully saturated rings. The van der Waals surface area contributed by atoms with Gasteiger partial charge in [-0.2, -0.15) is 11.8 Å². The predicted octanol–water partition coefficient (Wildman–Crippen LogP) is 1.91. The molecule has 0 aliphatic carbocycles. The Morgan fingerprint density at radius 1 is 1.00 bits per heavy atom. The van der Waals surface area contributed by atoms with Crippen molar-refractivity contribution in [3.63, 3.8) is 0 Å². The topological polar surface area (TPSA) is 104 Å². The highest BCUT2D eigenvalue weighted by molar-refractivity contribution is 7.99. The lowest BCUT2D eigenvalue weighted by molar-refractivity contribution is 0.0926. The molecule has 152 valence electrons. The van der Waals surface area contributed by atoms with Crippen LogP contribution < -0.4 is 9.80 Å². The van der Waals surface area contributed by atoms with Crippen LogP contribution in [0.4, 0.5) is 11.6 Å². The summed E-state index contributed by atoms with van der Waals surface area (Å²) >= 11 is 1.96. The third-order valence-corrected chi connectivity index (χ3v) is 6.64. The molecular weight excluding hydrogens is 390 g/mol. The van der Waals surface area contributed by atoms with Crippen molar-refractivity contribution in [3.8, 4) is 0 Å². The van der Waals surface area contributed by atoms with Crippen LogP contribution in [0.2, 0.25) is 0 Å². The van der Waals surface area contributed by atoms with Crippen molar-refractivity contribution in [1.29, 1.82) is 0 Å². The first kappa shape index (κ1) is 18.6. The summed E-state index contributed by atoms with van der Waals surface area (Å²) in [7, 11) is 0. The minimum atomic E-state index is -0.488. The minimum absolute atomic E-state index is 0.204. The molecule has 9 nitrogen and oxygen atoms in total. The zero-order valence-corrected chi connectivity index (χ0v) is 16.8. The standard InChI is InChI=1S/C19H23N7O2S/c27-15(14-2-1-5-20-12-14)13-3-6-25(7-4-13)18-19(26-8-10-29-11-9-26)22-17-16(21-18)23-28-24-17/h1-2,5,12-13,15,27H,3-4,6-11H2. The van der Waals surface area contributed by atoms with Crippen molar-refractivity contribution in [2.45, 2.75) is 18.9 Å². The summed E-state index contributed by atoms with van der Waals surface area (Å²) in [6.45, 7) is 3.50. The van der Waals surface area contributed by atoms with Gasteiger partial charge in [0.25, 0.3) is 0 Å². The van der Waals surface area contributed by atoms with E-state index >= 15 is 0 Å². The van der Waals surface area contributed by atoms with Gasteiger partial charge >= 0.3 is 0 Å². The number of aromatic nitrogens is 5. The van der Waals surface area contributed by atoms with Crippen molar-refractivity contribution in [3.05, 3.63) is 30.1 Å². The fourth-order valence-corrected chi connectivity index (χ4v) is 4.97. The first-order chi connectivity index (χ1) is 14.3. The van der Waals surface area contributed by atoms with E-state index in [0.29, 0.717) is 11.3 Å². The van der Waals surface area contributed by atoms with Gasteiger partial charge in [0.2, 0.25) is 11.3 Å². The van der Waals surface area contributed by atoms with E-state index in [-0.39, 0.29) is 5.92 Å². The summed E-state index contributed by atoms with van der Waals surface area (Å²) in [5, 5.41) is 18.5. The molecule has 1 unspecified atom stereocenters. The first-order valence-electron chi connectivity index (χ1n) is 9.95. The molecule has 0 aromatic carbocycles. The number of nitrogens with zero attached hydrogens (tertiary/aromatic N) is 7. The Balaban J connectivity index is 1.37. The molecule has 2 aliphatic rings. The fraction of sp³-hybridized carbons (Fsp3) is 0.526.